The third kappa shape index (κ3) is 2.63. The van der Waals surface area contributed by atoms with Gasteiger partial charge in [-0.25, -0.2) is 0 Å². The molecule has 0 unspecified atom stereocenters. The maximum absolute atomic E-state index is 3.40. The van der Waals surface area contributed by atoms with Crippen molar-refractivity contribution in [3.8, 4) is 0 Å². The van der Waals surface area contributed by atoms with Gasteiger partial charge in [0.1, 0.15) is 0 Å². The van der Waals surface area contributed by atoms with Crippen molar-refractivity contribution in [3.63, 3.8) is 0 Å². The molecule has 1 rings (SSSR count). The number of nitrogens with zero attached hydrogens (tertiary/aromatic N) is 2. The van der Waals surface area contributed by atoms with Crippen LogP contribution in [0.25, 0.3) is 0 Å². The molecule has 0 fully saturated rings. The fourth-order valence-corrected chi connectivity index (χ4v) is 0. The van der Waals surface area contributed by atoms with Crippen LogP contribution in [-0.2, 0) is 0 Å². The van der Waals surface area contributed by atoms with E-state index in [0.29, 0.717) is 8.88 Å². The molecule has 0 saturated carbocycles. The van der Waals surface area contributed by atoms with Gasteiger partial charge >= 0.3 is 18.9 Å². The average Bonchev–Trinajstić information content (AvgIpc) is 1.46. The van der Waals surface area contributed by atoms with Crippen LogP contribution in [0.3, 0.4) is 0 Å². The van der Waals surface area contributed by atoms with Gasteiger partial charge in [0.2, 0.25) is 0 Å². The van der Waals surface area contributed by atoms with Crippen LogP contribution in [0.4, 0.5) is 0 Å². The number of rotatable bonds is 0. The Kier molecular flexibility index (Phi) is 2.20. The minimum atomic E-state index is 0. The molecule has 0 N–H and O–H groups in total. The Hall–Kier alpha value is 0.627. The minimum Gasteiger partial charge on any atom is -1.00 e. The molecule has 0 aliphatic carbocycles. The van der Waals surface area contributed by atoms with Gasteiger partial charge in [-0.15, -0.1) is 9.77 Å². The summed E-state index contributed by atoms with van der Waals surface area (Å²) in [5.74, 6) is 0. The van der Waals surface area contributed by atoms with Gasteiger partial charge in [0.25, 0.3) is 0 Å². The summed E-state index contributed by atoms with van der Waals surface area (Å²) in [7, 11) is 0.583. The first kappa shape index (κ1) is 4.63. The normalized spacial score (nSPS) is 14.0. The molecule has 4 heavy (non-hydrogen) atoms. The van der Waals surface area contributed by atoms with Crippen LogP contribution in [0.15, 0.2) is 9.77 Å². The van der Waals surface area contributed by atoms with Gasteiger partial charge in [-0.05, 0) is 0 Å². The molecular formula is H2LiN2P. The van der Waals surface area contributed by atoms with E-state index in [-0.39, 0.29) is 20.3 Å². The van der Waals surface area contributed by atoms with E-state index in [2.05, 4.69) is 9.77 Å². The smallest absolute Gasteiger partial charge is 1.00 e. The Morgan fingerprint density at radius 1 is 1.50 bits per heavy atom. The molecule has 1 heterocycles. The molecule has 0 aromatic carbocycles. The Morgan fingerprint density at radius 3 is 1.75 bits per heavy atom. The standard InChI is InChI=1S/Li.HN2P.H/c;1-2-3-1;/h;3H;/q+1;;-1. The molecule has 0 saturated heterocycles. The summed E-state index contributed by atoms with van der Waals surface area (Å²) >= 11 is 0. The van der Waals surface area contributed by atoms with Crippen LogP contribution in [0.5, 0.6) is 0 Å². The molecule has 4 heteroatoms. The van der Waals surface area contributed by atoms with E-state index in [1.54, 1.807) is 0 Å². The van der Waals surface area contributed by atoms with E-state index in [9.17, 15) is 0 Å². The summed E-state index contributed by atoms with van der Waals surface area (Å²) in [6, 6.07) is 0. The molecule has 1 aliphatic rings. The molecule has 0 aromatic heterocycles. The van der Waals surface area contributed by atoms with Crippen molar-refractivity contribution in [2.45, 2.75) is 0 Å². The van der Waals surface area contributed by atoms with Crippen molar-refractivity contribution < 1.29 is 20.3 Å². The predicted molar refractivity (Wildman–Crippen MR) is 14.3 cm³/mol. The fourth-order valence-electron chi connectivity index (χ4n) is 0. The first-order valence-corrected chi connectivity index (χ1v) is 1.54. The molecule has 0 amide bonds. The van der Waals surface area contributed by atoms with Crippen LogP contribution < -0.4 is 18.9 Å². The maximum Gasteiger partial charge on any atom is 1.00 e. The van der Waals surface area contributed by atoms with Crippen molar-refractivity contribution in [2.24, 2.45) is 9.77 Å². The van der Waals surface area contributed by atoms with Gasteiger partial charge in [-0.2, -0.15) is 0 Å². The van der Waals surface area contributed by atoms with E-state index in [0.717, 1.165) is 0 Å². The molecule has 0 spiro atoms. The maximum atomic E-state index is 3.40. The Morgan fingerprint density at radius 2 is 1.75 bits per heavy atom. The van der Waals surface area contributed by atoms with Crippen LogP contribution in [0.2, 0.25) is 0 Å². The Labute approximate surface area is 39.6 Å². The monoisotopic (exact) mass is 68.0 g/mol. The average molecular weight is 67.9 g/mol. The van der Waals surface area contributed by atoms with Crippen molar-refractivity contribution in [3.05, 3.63) is 0 Å². The van der Waals surface area contributed by atoms with Gasteiger partial charge in [0.15, 0.2) is 8.88 Å². The van der Waals surface area contributed by atoms with Gasteiger partial charge in [0.05, 0.1) is 0 Å². The van der Waals surface area contributed by atoms with Crippen LogP contribution >= 0.6 is 8.88 Å². The third-order valence-electron chi connectivity index (χ3n) is 0.100. The van der Waals surface area contributed by atoms with E-state index in [1.807, 2.05) is 0 Å². The molecule has 0 radical (unpaired) electrons. The first-order valence-electron chi connectivity index (χ1n) is 0.647. The Bertz CT molecular complexity index is 32.6. The van der Waals surface area contributed by atoms with Gasteiger partial charge in [-0.3, -0.25) is 0 Å². The van der Waals surface area contributed by atoms with E-state index < -0.39 is 0 Å². The molecule has 1 aliphatic heterocycles. The van der Waals surface area contributed by atoms with Gasteiger partial charge < -0.3 is 1.43 Å². The zero-order valence-electron chi connectivity index (χ0n) is 3.39. The van der Waals surface area contributed by atoms with Gasteiger partial charge in [-0.1, -0.05) is 0 Å². The fraction of sp³-hybridized carbons (Fsp3) is 0. The van der Waals surface area contributed by atoms with Crippen molar-refractivity contribution in [1.82, 2.24) is 0 Å². The van der Waals surface area contributed by atoms with E-state index in [1.165, 1.54) is 0 Å². The predicted octanol–water partition coefficient (Wildman–Crippen LogP) is -1.92. The largest absolute Gasteiger partial charge is 1.00 e. The number of hydrogen-bond donors (Lipinski definition) is 0. The summed E-state index contributed by atoms with van der Waals surface area (Å²) in [6.07, 6.45) is 0. The second-order valence-corrected chi connectivity index (χ2v) is 0.900. The second-order valence-electron chi connectivity index (χ2n) is 0.300. The van der Waals surface area contributed by atoms with E-state index >= 15 is 0 Å². The summed E-state index contributed by atoms with van der Waals surface area (Å²) in [5.41, 5.74) is 0. The molecule has 18 valence electrons. The summed E-state index contributed by atoms with van der Waals surface area (Å²) < 4.78 is 0. The molecule has 0 bridgehead atoms. The first-order chi connectivity index (χ1) is 1.50. The molecular weight excluding hydrogens is 65.9 g/mol. The second kappa shape index (κ2) is 1.90. The van der Waals surface area contributed by atoms with E-state index in [4.69, 9.17) is 0 Å². The summed E-state index contributed by atoms with van der Waals surface area (Å²) in [4.78, 5) is 6.81. The zero-order valence-corrected chi connectivity index (χ0v) is 3.39. The summed E-state index contributed by atoms with van der Waals surface area (Å²) in [5, 5.41) is 0. The summed E-state index contributed by atoms with van der Waals surface area (Å²) in [6.45, 7) is 0. The zero-order chi connectivity index (χ0) is 2.12. The quantitative estimate of drug-likeness (QED) is 0.233. The molecule has 2 nitrogen and oxygen atoms in total. The minimum absolute atomic E-state index is 0. The third-order valence-corrected chi connectivity index (χ3v) is 0.300. The SMILES string of the molecule is N1=NP1.[H-].[Li+]. The van der Waals surface area contributed by atoms with Crippen molar-refractivity contribution in [1.29, 1.82) is 0 Å². The van der Waals surface area contributed by atoms with Crippen LogP contribution in [0, 0.1) is 0 Å². The van der Waals surface area contributed by atoms with Gasteiger partial charge in [0, 0.05) is 0 Å². The molecule has 0 atom stereocenters. The van der Waals surface area contributed by atoms with Crippen molar-refractivity contribution >= 4 is 8.88 Å². The molecule has 0 aromatic rings. The van der Waals surface area contributed by atoms with Crippen molar-refractivity contribution in [2.75, 3.05) is 0 Å². The number of hydrogen-bond acceptors (Lipinski definition) is 2. The van der Waals surface area contributed by atoms with Crippen LogP contribution in [0.1, 0.15) is 1.43 Å². The van der Waals surface area contributed by atoms with Crippen LogP contribution in [-0.4, -0.2) is 0 Å². The Balaban J connectivity index is 0. The topological polar surface area (TPSA) is 24.7 Å².